The van der Waals surface area contributed by atoms with E-state index >= 15 is 17.6 Å². The molecular weight excluding hydrogens is 1100 g/mol. The molecule has 2 aliphatic carbocycles. The van der Waals surface area contributed by atoms with Gasteiger partial charge in [-0.2, -0.15) is 0 Å². The molecule has 13 aromatic rings. The molecule has 15 rings (SSSR count). The number of rotatable bonds is 12. The molecule has 0 fully saturated rings. The second-order valence-corrected chi connectivity index (χ2v) is 23.6. The monoisotopic (exact) mass is 1160 g/mol. The van der Waals surface area contributed by atoms with Crippen molar-refractivity contribution >= 4 is 68.2 Å². The molecule has 1 aromatic heterocycles. The van der Waals surface area contributed by atoms with Crippen molar-refractivity contribution in [3.63, 3.8) is 0 Å². The third kappa shape index (κ3) is 8.32. The van der Waals surface area contributed by atoms with Crippen molar-refractivity contribution in [2.24, 2.45) is 0 Å². The third-order valence-corrected chi connectivity index (χ3v) is 18.6. The summed E-state index contributed by atoms with van der Waals surface area (Å²) in [5.41, 5.74) is 20.4. The van der Waals surface area contributed by atoms with Crippen LogP contribution in [-0.2, 0) is 10.8 Å². The van der Waals surface area contributed by atoms with Crippen LogP contribution in [-0.4, -0.2) is 0 Å². The van der Waals surface area contributed by atoms with Crippen LogP contribution in [0.2, 0.25) is 0 Å². The number of nitrogens with zero attached hydrogens (tertiary/aromatic N) is 2. The van der Waals surface area contributed by atoms with E-state index in [1.54, 1.807) is 9.80 Å². The van der Waals surface area contributed by atoms with Crippen LogP contribution in [0.4, 0.5) is 51.7 Å². The Hall–Kier alpha value is -10.8. The molecule has 89 heavy (non-hydrogen) atoms. The van der Waals surface area contributed by atoms with Gasteiger partial charge in [0.2, 0.25) is 0 Å². The van der Waals surface area contributed by atoms with Crippen LogP contribution in [0.5, 0.6) is 0 Å². The number of hydrogen-bond donors (Lipinski definition) is 0. The number of aryl methyl sites for hydroxylation is 4. The van der Waals surface area contributed by atoms with Crippen LogP contribution >= 0.6 is 0 Å². The van der Waals surface area contributed by atoms with Crippen LogP contribution in [0.3, 0.4) is 0 Å². The number of fused-ring (bicyclic) bond motifs is 9. The summed E-state index contributed by atoms with van der Waals surface area (Å²) in [6, 6.07) is 78.4. The van der Waals surface area contributed by atoms with Gasteiger partial charge < -0.3 is 14.2 Å². The van der Waals surface area contributed by atoms with E-state index in [1.165, 1.54) is 24.3 Å². The van der Waals surface area contributed by atoms with Gasteiger partial charge in [0.1, 0.15) is 23.3 Å². The second-order valence-electron chi connectivity index (χ2n) is 23.6. The van der Waals surface area contributed by atoms with Gasteiger partial charge in [0.15, 0.2) is 11.2 Å². The van der Waals surface area contributed by atoms with Gasteiger partial charge in [0.05, 0.1) is 33.6 Å². The Morgan fingerprint density at radius 2 is 0.753 bits per heavy atom. The van der Waals surface area contributed by atoms with Gasteiger partial charge in [-0.3, -0.25) is 0 Å². The maximum absolute atomic E-state index is 17.2. The fourth-order valence-electron chi connectivity index (χ4n) is 14.6. The van der Waals surface area contributed by atoms with Gasteiger partial charge in [-0.05, 0) is 177 Å². The minimum atomic E-state index is -0.848. The quantitative estimate of drug-likeness (QED) is 0.114. The third-order valence-electron chi connectivity index (χ3n) is 18.6. The number of hydrogen-bond acceptors (Lipinski definition) is 3. The summed E-state index contributed by atoms with van der Waals surface area (Å²) in [4.78, 5) is 3.61. The molecule has 3 nitrogen and oxygen atoms in total. The average molecular weight is 1160 g/mol. The largest absolute Gasteiger partial charge is 0.452 e. The molecule has 0 saturated carbocycles. The molecule has 0 radical (unpaired) electrons. The van der Waals surface area contributed by atoms with Crippen LogP contribution in [0.25, 0.3) is 56.3 Å². The molecule has 0 spiro atoms. The number of halogens is 4. The van der Waals surface area contributed by atoms with E-state index in [0.717, 1.165) is 112 Å². The van der Waals surface area contributed by atoms with E-state index in [4.69, 9.17) is 4.42 Å². The molecule has 0 saturated heterocycles. The lowest BCUT2D eigenvalue weighted by atomic mass is 9.66. The Morgan fingerprint density at radius 1 is 0.348 bits per heavy atom. The van der Waals surface area contributed by atoms with Gasteiger partial charge in [0.25, 0.3) is 0 Å². The number of anilines is 6. The second kappa shape index (κ2) is 21.0. The van der Waals surface area contributed by atoms with E-state index in [-0.39, 0.29) is 11.4 Å². The Kier molecular flexibility index (Phi) is 12.9. The summed E-state index contributed by atoms with van der Waals surface area (Å²) in [5, 5.41) is 1.38. The van der Waals surface area contributed by atoms with E-state index in [2.05, 4.69) is 199 Å². The minimum Gasteiger partial charge on any atom is -0.452 e. The molecule has 2 atom stereocenters. The van der Waals surface area contributed by atoms with Gasteiger partial charge in [-0.1, -0.05) is 206 Å². The van der Waals surface area contributed by atoms with E-state index in [9.17, 15) is 0 Å². The van der Waals surface area contributed by atoms with E-state index < -0.39 is 34.1 Å². The van der Waals surface area contributed by atoms with Crippen LogP contribution < -0.4 is 9.80 Å². The lowest BCUT2D eigenvalue weighted by Gasteiger charge is -2.36. The maximum Gasteiger partial charge on any atom is 0.159 e. The van der Waals surface area contributed by atoms with Crippen LogP contribution in [0.15, 0.2) is 260 Å². The van der Waals surface area contributed by atoms with Crippen molar-refractivity contribution in [3.05, 3.63) is 357 Å². The fourth-order valence-corrected chi connectivity index (χ4v) is 14.6. The van der Waals surface area contributed by atoms with Gasteiger partial charge >= 0.3 is 0 Å². The zero-order valence-corrected chi connectivity index (χ0v) is 49.5. The lowest BCUT2D eigenvalue weighted by Crippen LogP contribution is -2.30. The standard InChI is InChI=1S/C82H58F4N2O/c1-7-53-27-31-55(32-28-53)81(69-43-49(3)23-25-51(69)5)67-19-11-9-15-61(67)63-39-37-59(47-71(63)81)87(75-41-35-57(83)45-73(75)85)77-21-13-17-65-66-18-14-22-78(80(66)89-79(65)77)88(76-42-36-58(84)46-74(76)86)60-38-40-64-62-16-10-12-20-68(62)82(72(64)48-60,56-33-29-54(8-2)30-34-56)70-44-50(4)24-26-52(70)6/h7-48H,1-2H2,3-6H3. The molecule has 0 bridgehead atoms. The molecule has 1 heterocycles. The predicted molar refractivity (Wildman–Crippen MR) is 357 cm³/mol. The molecule has 0 amide bonds. The first-order valence-electron chi connectivity index (χ1n) is 29.9. The summed E-state index contributed by atoms with van der Waals surface area (Å²) < 4.78 is 72.2. The molecule has 2 unspecified atom stereocenters. The van der Waals surface area contributed by atoms with Crippen molar-refractivity contribution in [3.8, 4) is 22.3 Å². The number of para-hydroxylation sites is 2. The first-order valence-corrected chi connectivity index (χ1v) is 29.9. The predicted octanol–water partition coefficient (Wildman–Crippen LogP) is 22.3. The Labute approximate surface area is 515 Å². The molecule has 0 N–H and O–H groups in total. The molecular formula is C82H58F4N2O. The Bertz CT molecular complexity index is 4760. The summed E-state index contributed by atoms with van der Waals surface area (Å²) in [6.45, 7) is 16.6. The molecule has 2 aliphatic rings. The SMILES string of the molecule is C=Cc1ccc(C2(c3cc(C)ccc3C)c3ccccc3-c3ccc(N(c4ccc(F)cc4F)c4cccc5c4oc4c(N(c6ccc7c(c6)C(c6ccc(C=C)cc6)(c6cc(C)ccc6C)c6ccccc6-7)c6ccc(F)cc6F)cccc45)cc32)cc1. The van der Waals surface area contributed by atoms with Crippen molar-refractivity contribution in [1.29, 1.82) is 0 Å². The maximum atomic E-state index is 17.2. The topological polar surface area (TPSA) is 19.6 Å². The smallest absolute Gasteiger partial charge is 0.159 e. The van der Waals surface area contributed by atoms with Gasteiger partial charge in [-0.25, -0.2) is 17.6 Å². The zero-order chi connectivity index (χ0) is 61.0. The summed E-state index contributed by atoms with van der Waals surface area (Å²) in [6.07, 6.45) is 3.68. The molecule has 430 valence electrons. The number of furan rings is 1. The zero-order valence-electron chi connectivity index (χ0n) is 49.5. The first-order chi connectivity index (χ1) is 43.3. The highest BCUT2D eigenvalue weighted by molar-refractivity contribution is 6.14. The van der Waals surface area contributed by atoms with Crippen molar-refractivity contribution in [2.75, 3.05) is 9.80 Å². The van der Waals surface area contributed by atoms with Gasteiger partial charge in [0, 0.05) is 34.3 Å². The highest BCUT2D eigenvalue weighted by Gasteiger charge is 2.49. The Morgan fingerprint density at radius 3 is 1.16 bits per heavy atom. The summed E-state index contributed by atoms with van der Waals surface area (Å²) in [5.74, 6) is -3.01. The van der Waals surface area contributed by atoms with Crippen molar-refractivity contribution in [2.45, 2.75) is 38.5 Å². The van der Waals surface area contributed by atoms with Crippen LogP contribution in [0, 0.1) is 51.0 Å². The highest BCUT2D eigenvalue weighted by Crippen LogP contribution is 2.61. The summed E-state index contributed by atoms with van der Waals surface area (Å²) >= 11 is 0. The average Bonchev–Trinajstić information content (AvgIpc) is 1.72. The van der Waals surface area contributed by atoms with Crippen LogP contribution in [0.1, 0.15) is 77.9 Å². The Balaban J connectivity index is 0.975. The number of benzene rings is 12. The lowest BCUT2D eigenvalue weighted by molar-refractivity contribution is 0.583. The molecule has 7 heteroatoms. The summed E-state index contributed by atoms with van der Waals surface area (Å²) in [7, 11) is 0. The molecule has 12 aromatic carbocycles. The van der Waals surface area contributed by atoms with E-state index in [1.807, 2.05) is 60.7 Å². The van der Waals surface area contributed by atoms with E-state index in [0.29, 0.717) is 44.7 Å². The fraction of sp³-hybridized carbons (Fsp3) is 0.0732. The molecule has 0 aliphatic heterocycles. The highest BCUT2D eigenvalue weighted by atomic mass is 19.1. The minimum absolute atomic E-state index is 0.0864. The van der Waals surface area contributed by atoms with Crippen molar-refractivity contribution < 1.29 is 22.0 Å². The van der Waals surface area contributed by atoms with Gasteiger partial charge in [-0.15, -0.1) is 0 Å². The normalized spacial score (nSPS) is 15.4. The first kappa shape index (κ1) is 54.9. The van der Waals surface area contributed by atoms with Crippen molar-refractivity contribution in [1.82, 2.24) is 0 Å².